The number of para-hydroxylation sites is 1. The highest BCUT2D eigenvalue weighted by molar-refractivity contribution is 8.00. The van der Waals surface area contributed by atoms with Crippen LogP contribution in [0.25, 0.3) is 0 Å². The van der Waals surface area contributed by atoms with E-state index >= 15 is 0 Å². The van der Waals surface area contributed by atoms with Gasteiger partial charge < -0.3 is 5.32 Å². The molecule has 0 spiro atoms. The van der Waals surface area contributed by atoms with E-state index in [4.69, 9.17) is 11.6 Å². The van der Waals surface area contributed by atoms with Crippen LogP contribution >= 0.6 is 23.4 Å². The molecule has 0 aromatic heterocycles. The second kappa shape index (κ2) is 9.48. The van der Waals surface area contributed by atoms with E-state index in [-0.39, 0.29) is 16.6 Å². The fourth-order valence-electron chi connectivity index (χ4n) is 2.73. The van der Waals surface area contributed by atoms with Crippen LogP contribution in [0.5, 0.6) is 0 Å². The molecule has 4 nitrogen and oxygen atoms in total. The zero-order valence-corrected chi connectivity index (χ0v) is 18.2. The number of benzene rings is 3. The Kier molecular flexibility index (Phi) is 7.00. The van der Waals surface area contributed by atoms with Crippen LogP contribution in [-0.4, -0.2) is 25.8 Å². The number of aryl methyl sites for hydroxylation is 1. The summed E-state index contributed by atoms with van der Waals surface area (Å²) in [5, 5.41) is 3.43. The standard InChI is InChI=1S/C22H20ClNO3S2/c1-16-6-2-3-7-19(16)22(25)24-20-8-4-5-9-21(20)28-14-15-29(26,27)18-12-10-17(23)11-13-18/h2-13H,14-15H2,1H3,(H,24,25). The number of nitrogens with one attached hydrogen (secondary N) is 1. The number of halogens is 1. The van der Waals surface area contributed by atoms with Crippen molar-refractivity contribution < 1.29 is 13.2 Å². The van der Waals surface area contributed by atoms with Crippen LogP contribution in [0, 0.1) is 6.92 Å². The zero-order chi connectivity index (χ0) is 20.9. The first-order valence-electron chi connectivity index (χ1n) is 8.94. The van der Waals surface area contributed by atoms with E-state index < -0.39 is 9.84 Å². The van der Waals surface area contributed by atoms with Gasteiger partial charge in [0, 0.05) is 21.2 Å². The Labute approximate surface area is 180 Å². The lowest BCUT2D eigenvalue weighted by atomic mass is 10.1. The smallest absolute Gasteiger partial charge is 0.255 e. The molecule has 1 N–H and O–H groups in total. The van der Waals surface area contributed by atoms with Crippen molar-refractivity contribution >= 4 is 44.8 Å². The quantitative estimate of drug-likeness (QED) is 0.490. The van der Waals surface area contributed by atoms with Gasteiger partial charge in [0.15, 0.2) is 9.84 Å². The van der Waals surface area contributed by atoms with Gasteiger partial charge in [0.05, 0.1) is 16.3 Å². The summed E-state index contributed by atoms with van der Waals surface area (Å²) in [6.45, 7) is 1.89. The summed E-state index contributed by atoms with van der Waals surface area (Å²) < 4.78 is 25.0. The van der Waals surface area contributed by atoms with Crippen molar-refractivity contribution in [3.8, 4) is 0 Å². The number of carbonyl (C=O) groups excluding carboxylic acids is 1. The third-order valence-electron chi connectivity index (χ3n) is 4.31. The van der Waals surface area contributed by atoms with Crippen molar-refractivity contribution in [1.82, 2.24) is 0 Å². The Balaban J connectivity index is 1.67. The maximum atomic E-state index is 12.6. The minimum Gasteiger partial charge on any atom is -0.321 e. The zero-order valence-electron chi connectivity index (χ0n) is 15.8. The third kappa shape index (κ3) is 5.63. The molecule has 3 rings (SSSR count). The minimum atomic E-state index is -3.40. The van der Waals surface area contributed by atoms with E-state index in [0.29, 0.717) is 22.0 Å². The molecule has 0 aliphatic heterocycles. The molecule has 150 valence electrons. The van der Waals surface area contributed by atoms with Crippen LogP contribution in [0.2, 0.25) is 5.02 Å². The maximum absolute atomic E-state index is 12.6. The summed E-state index contributed by atoms with van der Waals surface area (Å²) in [6, 6.07) is 20.9. The molecule has 0 saturated carbocycles. The Hall–Kier alpha value is -2.28. The highest BCUT2D eigenvalue weighted by atomic mass is 35.5. The summed E-state index contributed by atoms with van der Waals surface area (Å²) >= 11 is 7.22. The van der Waals surface area contributed by atoms with Crippen molar-refractivity contribution in [3.05, 3.63) is 88.9 Å². The first-order valence-corrected chi connectivity index (χ1v) is 12.0. The van der Waals surface area contributed by atoms with Crippen LogP contribution in [-0.2, 0) is 9.84 Å². The lowest BCUT2D eigenvalue weighted by Gasteiger charge is -2.12. The third-order valence-corrected chi connectivity index (χ3v) is 7.62. The molecule has 0 aliphatic rings. The fraction of sp³-hybridized carbons (Fsp3) is 0.136. The monoisotopic (exact) mass is 445 g/mol. The summed E-state index contributed by atoms with van der Waals surface area (Å²) in [5.41, 5.74) is 2.16. The Morgan fingerprint density at radius 3 is 2.34 bits per heavy atom. The summed E-state index contributed by atoms with van der Waals surface area (Å²) in [5.74, 6) is 0.159. The van der Waals surface area contributed by atoms with Gasteiger partial charge in [-0.3, -0.25) is 4.79 Å². The number of rotatable bonds is 7. The minimum absolute atomic E-state index is 0.0145. The second-order valence-corrected chi connectivity index (χ2v) is 10.1. The van der Waals surface area contributed by atoms with Crippen molar-refractivity contribution in [3.63, 3.8) is 0 Å². The maximum Gasteiger partial charge on any atom is 0.255 e. The van der Waals surface area contributed by atoms with E-state index in [2.05, 4.69) is 5.32 Å². The number of thioether (sulfide) groups is 1. The predicted molar refractivity (Wildman–Crippen MR) is 120 cm³/mol. The van der Waals surface area contributed by atoms with E-state index in [1.165, 1.54) is 23.9 Å². The van der Waals surface area contributed by atoms with Gasteiger partial charge in [-0.05, 0) is 55.0 Å². The van der Waals surface area contributed by atoms with Crippen LogP contribution in [0.4, 0.5) is 5.69 Å². The first-order chi connectivity index (χ1) is 13.9. The number of amides is 1. The van der Waals surface area contributed by atoms with Gasteiger partial charge in [-0.1, -0.05) is 41.9 Å². The van der Waals surface area contributed by atoms with Crippen molar-refractivity contribution in [2.45, 2.75) is 16.7 Å². The van der Waals surface area contributed by atoms with Gasteiger partial charge in [0.1, 0.15) is 0 Å². The highest BCUT2D eigenvalue weighted by Crippen LogP contribution is 2.28. The Bertz CT molecular complexity index is 1110. The van der Waals surface area contributed by atoms with Gasteiger partial charge >= 0.3 is 0 Å². The molecule has 1 amide bonds. The van der Waals surface area contributed by atoms with E-state index in [1.54, 1.807) is 18.2 Å². The largest absolute Gasteiger partial charge is 0.321 e. The SMILES string of the molecule is Cc1ccccc1C(=O)Nc1ccccc1SCCS(=O)(=O)c1ccc(Cl)cc1. The van der Waals surface area contributed by atoms with Gasteiger partial charge in [0.2, 0.25) is 0 Å². The molecule has 7 heteroatoms. The molecule has 0 fully saturated rings. The van der Waals surface area contributed by atoms with Crippen LogP contribution in [0.3, 0.4) is 0 Å². The number of hydrogen-bond donors (Lipinski definition) is 1. The van der Waals surface area contributed by atoms with Gasteiger partial charge in [-0.2, -0.15) is 0 Å². The number of carbonyl (C=O) groups is 1. The second-order valence-electron chi connectivity index (χ2n) is 6.39. The molecular weight excluding hydrogens is 426 g/mol. The van der Waals surface area contributed by atoms with Crippen molar-refractivity contribution in [2.24, 2.45) is 0 Å². The van der Waals surface area contributed by atoms with Crippen LogP contribution in [0.1, 0.15) is 15.9 Å². The summed E-state index contributed by atoms with van der Waals surface area (Å²) in [7, 11) is -3.40. The molecular formula is C22H20ClNO3S2. The topological polar surface area (TPSA) is 63.2 Å². The molecule has 3 aromatic rings. The molecule has 29 heavy (non-hydrogen) atoms. The molecule has 0 atom stereocenters. The number of anilines is 1. The number of sulfone groups is 1. The van der Waals surface area contributed by atoms with Crippen LogP contribution < -0.4 is 5.32 Å². The summed E-state index contributed by atoms with van der Waals surface area (Å²) in [6.07, 6.45) is 0. The van der Waals surface area contributed by atoms with E-state index in [9.17, 15) is 13.2 Å². The van der Waals surface area contributed by atoms with Gasteiger partial charge in [-0.25, -0.2) is 8.42 Å². The highest BCUT2D eigenvalue weighted by Gasteiger charge is 2.16. The molecule has 3 aromatic carbocycles. The molecule has 0 aliphatic carbocycles. The fourth-order valence-corrected chi connectivity index (χ4v) is 5.53. The lowest BCUT2D eigenvalue weighted by molar-refractivity contribution is 0.102. The van der Waals surface area contributed by atoms with Crippen molar-refractivity contribution in [2.75, 3.05) is 16.8 Å². The van der Waals surface area contributed by atoms with E-state index in [0.717, 1.165) is 10.5 Å². The Morgan fingerprint density at radius 2 is 1.62 bits per heavy atom. The average Bonchev–Trinajstić information content (AvgIpc) is 2.70. The van der Waals surface area contributed by atoms with Crippen LogP contribution in [0.15, 0.2) is 82.6 Å². The van der Waals surface area contributed by atoms with Gasteiger partial charge in [-0.15, -0.1) is 11.8 Å². The first kappa shape index (κ1) is 21.4. The molecule has 0 saturated heterocycles. The lowest BCUT2D eigenvalue weighted by Crippen LogP contribution is -2.14. The average molecular weight is 446 g/mol. The van der Waals surface area contributed by atoms with Gasteiger partial charge in [0.25, 0.3) is 5.91 Å². The van der Waals surface area contributed by atoms with Crippen molar-refractivity contribution in [1.29, 1.82) is 0 Å². The molecule has 0 radical (unpaired) electrons. The number of hydrogen-bond acceptors (Lipinski definition) is 4. The Morgan fingerprint density at radius 1 is 0.966 bits per heavy atom. The normalized spacial score (nSPS) is 11.2. The summed E-state index contributed by atoms with van der Waals surface area (Å²) in [4.78, 5) is 13.7. The molecule has 0 heterocycles. The molecule has 0 bridgehead atoms. The predicted octanol–water partition coefficient (Wildman–Crippen LogP) is 5.47. The molecule has 0 unspecified atom stereocenters. The van der Waals surface area contributed by atoms with E-state index in [1.807, 2.05) is 49.4 Å².